The van der Waals surface area contributed by atoms with Crippen LogP contribution in [0.15, 0.2) is 54.6 Å². The molecule has 1 aliphatic heterocycles. The molecule has 6 atom stereocenters. The van der Waals surface area contributed by atoms with Crippen LogP contribution in [0, 0.1) is 0 Å². The summed E-state index contributed by atoms with van der Waals surface area (Å²) in [6, 6.07) is 15.6. The summed E-state index contributed by atoms with van der Waals surface area (Å²) in [5, 5.41) is 5.28. The lowest BCUT2D eigenvalue weighted by Crippen LogP contribution is -2.70. The number of hydrogen-bond acceptors (Lipinski definition) is 15. The third-order valence-corrected chi connectivity index (χ3v) is 8.77. The first-order valence-electron chi connectivity index (χ1n) is 18.6. The van der Waals surface area contributed by atoms with Gasteiger partial charge in [-0.25, -0.2) is 4.79 Å². The Kier molecular flexibility index (Phi) is 18.5. The minimum Gasteiger partial charge on any atom is -0.465 e. The number of carbonyl (C=O) groups excluding carboxylic acids is 7. The Balaban J connectivity index is 2.02. The van der Waals surface area contributed by atoms with Gasteiger partial charge in [0.15, 0.2) is 18.8 Å². The van der Waals surface area contributed by atoms with Crippen LogP contribution in [0.5, 0.6) is 0 Å². The molecule has 0 aromatic heterocycles. The van der Waals surface area contributed by atoms with Gasteiger partial charge in [-0.2, -0.15) is 0 Å². The SMILES string of the molecule is COC(=O)[C@@]1(OCCCCCCN)C[C@H](OC(C)=O)[C@@H](NC(=O)COC(C)=O)[C@H]([C@H](OC(C)=O)[C@@H](CNC(=O)Cc2ccc(-c3ccccc3)cc2)OC(C)=O)O1. The van der Waals surface area contributed by atoms with Crippen molar-refractivity contribution in [3.8, 4) is 11.1 Å². The maximum Gasteiger partial charge on any atom is 0.366 e. The molecule has 2 amide bonds. The number of amides is 2. The number of rotatable bonds is 21. The van der Waals surface area contributed by atoms with E-state index in [9.17, 15) is 33.6 Å². The van der Waals surface area contributed by atoms with Crippen molar-refractivity contribution in [3.05, 3.63) is 60.2 Å². The number of carbonyl (C=O) groups is 7. The highest BCUT2D eigenvalue weighted by Gasteiger charge is 2.59. The largest absolute Gasteiger partial charge is 0.465 e. The van der Waals surface area contributed by atoms with Gasteiger partial charge < -0.3 is 49.5 Å². The van der Waals surface area contributed by atoms with Gasteiger partial charge in [0.2, 0.25) is 5.91 Å². The topological polar surface area (TPSA) is 234 Å². The van der Waals surface area contributed by atoms with Crippen LogP contribution in [-0.2, 0) is 73.1 Å². The monoisotopic (exact) mass is 799 g/mol. The Morgan fingerprint density at radius 1 is 0.807 bits per heavy atom. The van der Waals surface area contributed by atoms with Crippen molar-refractivity contribution < 1.29 is 66.7 Å². The second kappa shape index (κ2) is 23.0. The second-order valence-electron chi connectivity index (χ2n) is 13.4. The minimum atomic E-state index is -2.31. The Labute approximate surface area is 331 Å². The molecule has 312 valence electrons. The Morgan fingerprint density at radius 3 is 2.05 bits per heavy atom. The zero-order valence-electron chi connectivity index (χ0n) is 32.9. The summed E-state index contributed by atoms with van der Waals surface area (Å²) in [5.74, 6) is -8.08. The van der Waals surface area contributed by atoms with Crippen molar-refractivity contribution in [3.63, 3.8) is 0 Å². The number of benzene rings is 2. The average molecular weight is 800 g/mol. The number of ether oxygens (including phenoxy) is 7. The van der Waals surface area contributed by atoms with Crippen molar-refractivity contribution in [1.82, 2.24) is 10.6 Å². The smallest absolute Gasteiger partial charge is 0.366 e. The van der Waals surface area contributed by atoms with Crippen LogP contribution in [0.1, 0.15) is 65.4 Å². The van der Waals surface area contributed by atoms with Crippen LogP contribution in [0.2, 0.25) is 0 Å². The fourth-order valence-electron chi connectivity index (χ4n) is 6.28. The molecular formula is C40H53N3O14. The lowest BCUT2D eigenvalue weighted by atomic mass is 9.87. The third-order valence-electron chi connectivity index (χ3n) is 8.77. The van der Waals surface area contributed by atoms with Crippen LogP contribution in [0.25, 0.3) is 11.1 Å². The van der Waals surface area contributed by atoms with Gasteiger partial charge in [-0.15, -0.1) is 0 Å². The van der Waals surface area contributed by atoms with Gasteiger partial charge in [-0.05, 0) is 36.1 Å². The predicted molar refractivity (Wildman–Crippen MR) is 202 cm³/mol. The van der Waals surface area contributed by atoms with E-state index in [1.807, 2.05) is 42.5 Å². The third kappa shape index (κ3) is 14.9. The van der Waals surface area contributed by atoms with E-state index in [-0.39, 0.29) is 13.0 Å². The van der Waals surface area contributed by atoms with Gasteiger partial charge >= 0.3 is 29.8 Å². The highest BCUT2D eigenvalue weighted by molar-refractivity contribution is 5.81. The quantitative estimate of drug-likeness (QED) is 0.0932. The number of nitrogens with one attached hydrogen (secondary N) is 2. The van der Waals surface area contributed by atoms with E-state index in [0.717, 1.165) is 58.8 Å². The van der Waals surface area contributed by atoms with Crippen molar-refractivity contribution in [2.75, 3.05) is 33.4 Å². The molecule has 1 heterocycles. The summed E-state index contributed by atoms with van der Waals surface area (Å²) in [4.78, 5) is 89.4. The number of esters is 5. The maximum absolute atomic E-state index is 13.6. The van der Waals surface area contributed by atoms with Crippen LogP contribution in [0.4, 0.5) is 0 Å². The first-order valence-corrected chi connectivity index (χ1v) is 18.6. The number of nitrogens with two attached hydrogens (primary N) is 1. The lowest BCUT2D eigenvalue weighted by molar-refractivity contribution is -0.313. The molecule has 1 fully saturated rings. The normalized spacial score (nSPS) is 19.9. The summed E-state index contributed by atoms with van der Waals surface area (Å²) in [5.41, 5.74) is 8.23. The number of hydrogen-bond donors (Lipinski definition) is 3. The molecule has 0 aliphatic carbocycles. The van der Waals surface area contributed by atoms with Gasteiger partial charge in [-0.3, -0.25) is 28.8 Å². The molecule has 17 heteroatoms. The van der Waals surface area contributed by atoms with E-state index < -0.39 is 97.5 Å². The second-order valence-corrected chi connectivity index (χ2v) is 13.4. The fraction of sp³-hybridized carbons (Fsp3) is 0.525. The molecular weight excluding hydrogens is 746 g/mol. The highest BCUT2D eigenvalue weighted by atomic mass is 16.7. The standard InChI is InChI=1S/C40H53N3O14/c1-25(44)52-24-35(49)43-36-32(54-26(2)45)22-40(39(50)51-5,53-20-12-7-6-11-19-41)57-38(36)37(56-28(4)47)33(55-27(3)46)23-42-34(48)21-29-15-17-31(18-16-29)30-13-9-8-10-14-30/h8-10,13-18,32-33,36-38H,6-7,11-12,19-24,41H2,1-5H3,(H,42,48)(H,43,49)/t32-,33+,36+,37+,38+,40+/m0/s1. The van der Waals surface area contributed by atoms with E-state index in [1.54, 1.807) is 12.1 Å². The molecule has 1 aliphatic rings. The first-order chi connectivity index (χ1) is 27.2. The summed E-state index contributed by atoms with van der Waals surface area (Å²) in [7, 11) is 1.08. The summed E-state index contributed by atoms with van der Waals surface area (Å²) < 4.78 is 39.3. The molecule has 3 rings (SSSR count). The van der Waals surface area contributed by atoms with Gasteiger partial charge in [0.1, 0.15) is 12.2 Å². The fourth-order valence-corrected chi connectivity index (χ4v) is 6.28. The molecule has 0 bridgehead atoms. The van der Waals surface area contributed by atoms with Crippen LogP contribution >= 0.6 is 0 Å². The van der Waals surface area contributed by atoms with Crippen molar-refractivity contribution >= 4 is 41.7 Å². The average Bonchev–Trinajstić information content (AvgIpc) is 3.17. The molecule has 0 spiro atoms. The highest BCUT2D eigenvalue weighted by Crippen LogP contribution is 2.37. The predicted octanol–water partition coefficient (Wildman–Crippen LogP) is 2.05. The molecule has 2 aromatic carbocycles. The molecule has 2 aromatic rings. The van der Waals surface area contributed by atoms with Crippen molar-refractivity contribution in [1.29, 1.82) is 0 Å². The van der Waals surface area contributed by atoms with Crippen molar-refractivity contribution in [2.24, 2.45) is 5.73 Å². The van der Waals surface area contributed by atoms with Crippen LogP contribution in [0.3, 0.4) is 0 Å². The molecule has 17 nitrogen and oxygen atoms in total. The van der Waals surface area contributed by atoms with E-state index in [2.05, 4.69) is 10.6 Å². The van der Waals surface area contributed by atoms with Gasteiger partial charge in [0.25, 0.3) is 11.7 Å². The summed E-state index contributed by atoms with van der Waals surface area (Å²) in [6.45, 7) is 3.57. The van der Waals surface area contributed by atoms with E-state index in [0.29, 0.717) is 24.9 Å². The zero-order chi connectivity index (χ0) is 42.0. The van der Waals surface area contributed by atoms with Crippen LogP contribution < -0.4 is 16.4 Å². The molecule has 57 heavy (non-hydrogen) atoms. The number of unbranched alkanes of at least 4 members (excludes halogenated alkanes) is 3. The molecule has 0 saturated carbocycles. The first kappa shape index (κ1) is 46.0. The minimum absolute atomic E-state index is 0.0450. The molecule has 0 unspecified atom stereocenters. The van der Waals surface area contributed by atoms with Gasteiger partial charge in [0, 0.05) is 27.7 Å². The Hall–Kier alpha value is -5.39. The van der Waals surface area contributed by atoms with E-state index in [4.69, 9.17) is 38.9 Å². The maximum atomic E-state index is 13.6. The van der Waals surface area contributed by atoms with E-state index in [1.165, 1.54) is 0 Å². The Morgan fingerprint density at radius 2 is 1.46 bits per heavy atom. The van der Waals surface area contributed by atoms with Gasteiger partial charge in [0.05, 0.1) is 39.1 Å². The van der Waals surface area contributed by atoms with Crippen molar-refractivity contribution in [2.45, 2.75) is 102 Å². The summed E-state index contributed by atoms with van der Waals surface area (Å²) >= 11 is 0. The summed E-state index contributed by atoms with van der Waals surface area (Å²) in [6.07, 6.45) is -4.25. The van der Waals surface area contributed by atoms with E-state index >= 15 is 0 Å². The number of methoxy groups -OCH3 is 1. The molecule has 0 radical (unpaired) electrons. The zero-order valence-corrected chi connectivity index (χ0v) is 32.9. The van der Waals surface area contributed by atoms with Gasteiger partial charge in [-0.1, -0.05) is 67.4 Å². The molecule has 4 N–H and O–H groups in total. The van der Waals surface area contributed by atoms with Crippen LogP contribution in [-0.4, -0.2) is 111 Å². The lowest BCUT2D eigenvalue weighted by Gasteiger charge is -2.48. The molecule has 1 saturated heterocycles. The Bertz CT molecular complexity index is 1670.